The molecule has 1 saturated carbocycles. The third-order valence-electron chi connectivity index (χ3n) is 3.34. The van der Waals surface area contributed by atoms with Crippen molar-refractivity contribution in [3.63, 3.8) is 0 Å². The summed E-state index contributed by atoms with van der Waals surface area (Å²) < 4.78 is 38.5. The van der Waals surface area contributed by atoms with Gasteiger partial charge in [0.15, 0.2) is 5.17 Å². The van der Waals surface area contributed by atoms with Gasteiger partial charge in [0.25, 0.3) is 0 Å². The molecule has 0 radical (unpaired) electrons. The van der Waals surface area contributed by atoms with Gasteiger partial charge < -0.3 is 5.32 Å². The van der Waals surface area contributed by atoms with Crippen LogP contribution in [0.3, 0.4) is 0 Å². The lowest BCUT2D eigenvalue weighted by molar-refractivity contribution is -0.197. The average molecular weight is 280 g/mol. The Morgan fingerprint density at radius 1 is 1.33 bits per heavy atom. The van der Waals surface area contributed by atoms with E-state index in [9.17, 15) is 18.0 Å². The van der Waals surface area contributed by atoms with Crippen LogP contribution < -0.4 is 5.32 Å². The van der Waals surface area contributed by atoms with Gasteiger partial charge in [0.05, 0.1) is 12.5 Å². The van der Waals surface area contributed by atoms with Crippen LogP contribution in [-0.4, -0.2) is 29.5 Å². The summed E-state index contributed by atoms with van der Waals surface area (Å²) in [7, 11) is 0. The number of nitrogens with zero attached hydrogens (tertiary/aromatic N) is 1. The van der Waals surface area contributed by atoms with Gasteiger partial charge in [-0.25, -0.2) is 0 Å². The smallest absolute Gasteiger partial charge is 0.305 e. The number of hydrogen-bond acceptors (Lipinski definition) is 3. The van der Waals surface area contributed by atoms with Crippen LogP contribution in [0, 0.1) is 11.8 Å². The van der Waals surface area contributed by atoms with E-state index in [1.807, 2.05) is 0 Å². The molecule has 2 atom stereocenters. The number of thioether (sulfide) groups is 1. The summed E-state index contributed by atoms with van der Waals surface area (Å²) in [5, 5.41) is 2.99. The van der Waals surface area contributed by atoms with Crippen molar-refractivity contribution in [3.8, 4) is 0 Å². The first-order valence-electron chi connectivity index (χ1n) is 6.03. The van der Waals surface area contributed by atoms with E-state index in [0.29, 0.717) is 31.0 Å². The summed E-state index contributed by atoms with van der Waals surface area (Å²) in [6, 6.07) is 0. The van der Waals surface area contributed by atoms with E-state index in [-0.39, 0.29) is 6.42 Å². The van der Waals surface area contributed by atoms with Crippen LogP contribution in [0.2, 0.25) is 0 Å². The van der Waals surface area contributed by atoms with E-state index in [0.717, 1.165) is 5.75 Å². The van der Waals surface area contributed by atoms with Crippen LogP contribution in [-0.2, 0) is 4.79 Å². The fourth-order valence-corrected chi connectivity index (χ4v) is 3.18. The lowest BCUT2D eigenvalue weighted by Crippen LogP contribution is -2.43. The molecule has 7 heteroatoms. The van der Waals surface area contributed by atoms with E-state index >= 15 is 0 Å². The predicted octanol–water partition coefficient (Wildman–Crippen LogP) is 2.57. The highest BCUT2D eigenvalue weighted by atomic mass is 32.2. The van der Waals surface area contributed by atoms with Crippen LogP contribution in [0.5, 0.6) is 0 Å². The molecule has 1 aliphatic carbocycles. The molecule has 0 unspecified atom stereocenters. The molecule has 1 N–H and O–H groups in total. The Kier molecular flexibility index (Phi) is 4.19. The van der Waals surface area contributed by atoms with Gasteiger partial charge in [0.2, 0.25) is 5.91 Å². The van der Waals surface area contributed by atoms with E-state index in [4.69, 9.17) is 0 Å². The molecule has 1 aliphatic heterocycles. The van der Waals surface area contributed by atoms with Crippen LogP contribution in [0.4, 0.5) is 13.2 Å². The summed E-state index contributed by atoms with van der Waals surface area (Å²) in [6.07, 6.45) is -2.68. The number of carbonyl (C=O) groups excluding carboxylic acids is 1. The molecule has 0 aromatic rings. The maximum Gasteiger partial charge on any atom is 0.392 e. The second-order valence-electron chi connectivity index (χ2n) is 4.56. The normalized spacial score (nSPS) is 28.9. The van der Waals surface area contributed by atoms with E-state index < -0.39 is 23.9 Å². The fraction of sp³-hybridized carbons (Fsp3) is 0.818. The number of nitrogens with one attached hydrogen (secondary N) is 1. The van der Waals surface area contributed by atoms with Gasteiger partial charge in [-0.1, -0.05) is 24.6 Å². The molecule has 0 bridgehead atoms. The predicted molar refractivity (Wildman–Crippen MR) is 64.4 cm³/mol. The molecule has 0 aromatic carbocycles. The zero-order valence-corrected chi connectivity index (χ0v) is 10.6. The van der Waals surface area contributed by atoms with Gasteiger partial charge in [-0.15, -0.1) is 0 Å². The molecule has 18 heavy (non-hydrogen) atoms. The fourth-order valence-electron chi connectivity index (χ4n) is 2.45. The minimum atomic E-state index is -4.28. The van der Waals surface area contributed by atoms with E-state index in [1.54, 1.807) is 0 Å². The van der Waals surface area contributed by atoms with Crippen LogP contribution in [0.1, 0.15) is 25.7 Å². The molecule has 3 nitrogen and oxygen atoms in total. The Morgan fingerprint density at radius 3 is 2.67 bits per heavy atom. The Hall–Kier alpha value is -0.720. The number of carbonyl (C=O) groups is 1. The second kappa shape index (κ2) is 5.50. The highest BCUT2D eigenvalue weighted by Gasteiger charge is 2.48. The van der Waals surface area contributed by atoms with Crippen molar-refractivity contribution in [2.75, 3.05) is 12.3 Å². The maximum atomic E-state index is 12.8. The van der Waals surface area contributed by atoms with Crippen LogP contribution >= 0.6 is 11.8 Å². The van der Waals surface area contributed by atoms with E-state index in [1.165, 1.54) is 11.8 Å². The summed E-state index contributed by atoms with van der Waals surface area (Å²) in [4.78, 5) is 15.9. The number of amides is 1. The third kappa shape index (κ3) is 3.18. The van der Waals surface area contributed by atoms with E-state index in [2.05, 4.69) is 10.3 Å². The van der Waals surface area contributed by atoms with Gasteiger partial charge in [0, 0.05) is 11.7 Å². The number of alkyl halides is 3. The molecule has 2 rings (SSSR count). The first-order chi connectivity index (χ1) is 8.48. The summed E-state index contributed by atoms with van der Waals surface area (Å²) in [6.45, 7) is 0.619. The summed E-state index contributed by atoms with van der Waals surface area (Å²) in [5.74, 6) is -2.20. The zero-order chi connectivity index (χ0) is 13.2. The number of rotatable bonds is 1. The number of hydrogen-bond donors (Lipinski definition) is 1. The number of amidine groups is 1. The van der Waals surface area contributed by atoms with Crippen LogP contribution in [0.15, 0.2) is 4.99 Å². The van der Waals surface area contributed by atoms with Crippen LogP contribution in [0.25, 0.3) is 0 Å². The topological polar surface area (TPSA) is 41.5 Å². The van der Waals surface area contributed by atoms with Gasteiger partial charge in [-0.2, -0.15) is 13.2 Å². The Balaban J connectivity index is 2.01. The first kappa shape index (κ1) is 13.7. The zero-order valence-electron chi connectivity index (χ0n) is 9.79. The van der Waals surface area contributed by atoms with Crippen molar-refractivity contribution in [3.05, 3.63) is 0 Å². The SMILES string of the molecule is O=C(NC1=NCCS1)[C@H]1CCCC[C@@H]1C(F)(F)F. The maximum absolute atomic E-state index is 12.8. The van der Waals surface area contributed by atoms with Gasteiger partial charge >= 0.3 is 6.18 Å². The van der Waals surface area contributed by atoms with Crippen molar-refractivity contribution >= 4 is 22.8 Å². The molecule has 0 spiro atoms. The molecule has 102 valence electrons. The Morgan fingerprint density at radius 2 is 2.06 bits per heavy atom. The highest BCUT2D eigenvalue weighted by Crippen LogP contribution is 2.41. The second-order valence-corrected chi connectivity index (χ2v) is 5.65. The van der Waals surface area contributed by atoms with Crippen molar-refractivity contribution < 1.29 is 18.0 Å². The van der Waals surface area contributed by atoms with Crippen molar-refractivity contribution in [2.45, 2.75) is 31.9 Å². The van der Waals surface area contributed by atoms with Crippen molar-refractivity contribution in [1.29, 1.82) is 0 Å². The lowest BCUT2D eigenvalue weighted by Gasteiger charge is -2.31. The molecule has 1 heterocycles. The molecule has 1 amide bonds. The van der Waals surface area contributed by atoms with Gasteiger partial charge in [0.1, 0.15) is 0 Å². The monoisotopic (exact) mass is 280 g/mol. The quantitative estimate of drug-likeness (QED) is 0.802. The first-order valence-corrected chi connectivity index (χ1v) is 7.02. The molecule has 2 aliphatic rings. The molecule has 0 aromatic heterocycles. The standard InChI is InChI=1S/C11H15F3N2OS/c12-11(13,14)8-4-2-1-3-7(8)9(17)16-10-15-5-6-18-10/h7-8H,1-6H2,(H,15,16,17)/t7-,8-/m0/s1. The summed E-state index contributed by atoms with van der Waals surface area (Å²) >= 11 is 1.38. The molecule has 0 saturated heterocycles. The third-order valence-corrected chi connectivity index (χ3v) is 4.23. The Labute approximate surface area is 108 Å². The molecular weight excluding hydrogens is 265 g/mol. The molecule has 1 fully saturated rings. The largest absolute Gasteiger partial charge is 0.392 e. The minimum absolute atomic E-state index is 0.0568. The molecular formula is C11H15F3N2OS. The van der Waals surface area contributed by atoms with Crippen molar-refractivity contribution in [1.82, 2.24) is 5.32 Å². The average Bonchev–Trinajstić information content (AvgIpc) is 2.80. The number of halogens is 3. The van der Waals surface area contributed by atoms with Crippen molar-refractivity contribution in [2.24, 2.45) is 16.8 Å². The summed E-state index contributed by atoms with van der Waals surface area (Å²) in [5.41, 5.74) is 0. The highest BCUT2D eigenvalue weighted by molar-refractivity contribution is 8.14. The minimum Gasteiger partial charge on any atom is -0.305 e. The Bertz CT molecular complexity index is 357. The van der Waals surface area contributed by atoms with Gasteiger partial charge in [-0.3, -0.25) is 9.79 Å². The van der Waals surface area contributed by atoms with Gasteiger partial charge in [-0.05, 0) is 12.8 Å². The lowest BCUT2D eigenvalue weighted by atomic mass is 9.78. The number of aliphatic imine (C=N–C) groups is 1.